The predicted octanol–water partition coefficient (Wildman–Crippen LogP) is 7.93. The molecule has 5 N–H and O–H groups in total. The molecular weight excluding hydrogens is 576 g/mol. The maximum absolute atomic E-state index is 11.5. The van der Waals surface area contributed by atoms with Crippen LogP contribution in [0.15, 0.2) is 94.7 Å². The second-order valence-electron chi connectivity index (χ2n) is 9.21. The summed E-state index contributed by atoms with van der Waals surface area (Å²) >= 11 is 0.922. The van der Waals surface area contributed by atoms with Gasteiger partial charge in [-0.25, -0.2) is 5.26 Å². The molecule has 0 amide bonds. The van der Waals surface area contributed by atoms with E-state index in [2.05, 4.69) is 26.1 Å². The number of benzene rings is 5. The van der Waals surface area contributed by atoms with E-state index < -0.39 is 10.1 Å². The third-order valence-corrected chi connectivity index (χ3v) is 8.01. The first-order valence-electron chi connectivity index (χ1n) is 13.2. The molecule has 0 radical (unpaired) electrons. The molecule has 11 heteroatoms. The minimum Gasteiger partial charge on any atom is -0.507 e. The third kappa shape index (κ3) is 7.32. The normalized spacial score (nSPS) is 11.3. The zero-order valence-electron chi connectivity index (χ0n) is 23.3. The van der Waals surface area contributed by atoms with Crippen LogP contribution < -0.4 is 10.6 Å². The fourth-order valence-electron chi connectivity index (χ4n) is 4.60. The zero-order valence-corrected chi connectivity index (χ0v) is 24.9. The van der Waals surface area contributed by atoms with Gasteiger partial charge < -0.3 is 15.7 Å². The zero-order chi connectivity index (χ0) is 30.3. The number of hydrogen-bond donors (Lipinski definition) is 5. The molecule has 5 aromatic carbocycles. The molecule has 0 saturated heterocycles. The second-order valence-corrected chi connectivity index (χ2v) is 11.4. The average molecular weight is 609 g/mol. The van der Waals surface area contributed by atoms with E-state index in [0.717, 1.165) is 55.8 Å². The minimum atomic E-state index is -4.39. The average Bonchev–Trinajstić information content (AvgIpc) is 3.00. The Bertz CT molecular complexity index is 1810. The van der Waals surface area contributed by atoms with Gasteiger partial charge in [-0.2, -0.15) is 8.42 Å². The Hall–Kier alpha value is -3.84. The molecule has 0 atom stereocenters. The Morgan fingerprint density at radius 3 is 2.02 bits per heavy atom. The predicted molar refractivity (Wildman–Crippen MR) is 167 cm³/mol. The van der Waals surface area contributed by atoms with E-state index in [1.165, 1.54) is 18.2 Å². The fourth-order valence-corrected chi connectivity index (χ4v) is 5.51. The van der Waals surface area contributed by atoms with Crippen molar-refractivity contribution < 1.29 is 32.7 Å². The standard InChI is InChI=1S/C29H26N2O7S2.C2H6/c1-18-5-10-27(23-8-6-21(14-25(18)23)39-38-37-33)30-16-19-3-2-4-20(13-19)17-31-28-11-12-29(32)26-15-22(40(34,35)36)7-9-24(26)28;1-2/h2-15,30-33H,16-17H2,1H3,(H,34,35,36);1-2H3. The number of phenols is 1. The van der Waals surface area contributed by atoms with Gasteiger partial charge in [0, 0.05) is 45.5 Å². The van der Waals surface area contributed by atoms with Gasteiger partial charge in [0.05, 0.1) is 16.9 Å². The Labute approximate surface area is 248 Å². The summed E-state index contributed by atoms with van der Waals surface area (Å²) in [6.07, 6.45) is 0. The summed E-state index contributed by atoms with van der Waals surface area (Å²) < 4.78 is 37.0. The molecule has 9 nitrogen and oxygen atoms in total. The quantitative estimate of drug-likeness (QED) is 0.0349. The van der Waals surface area contributed by atoms with E-state index >= 15 is 0 Å². The molecule has 0 spiro atoms. The van der Waals surface area contributed by atoms with Crippen LogP contribution in [0.1, 0.15) is 30.5 Å². The fraction of sp³-hybridized carbons (Fsp3) is 0.161. The van der Waals surface area contributed by atoms with Gasteiger partial charge in [0.1, 0.15) is 5.75 Å². The molecule has 0 saturated carbocycles. The van der Waals surface area contributed by atoms with Crippen molar-refractivity contribution in [3.05, 3.63) is 102 Å². The lowest BCUT2D eigenvalue weighted by atomic mass is 10.0. The van der Waals surface area contributed by atoms with Crippen molar-refractivity contribution in [1.29, 1.82) is 0 Å². The number of aromatic hydroxyl groups is 1. The number of fused-ring (bicyclic) bond motifs is 2. The number of hydrogen-bond acceptors (Lipinski definition) is 9. The van der Waals surface area contributed by atoms with Gasteiger partial charge in [-0.1, -0.05) is 61.4 Å². The summed E-state index contributed by atoms with van der Waals surface area (Å²) in [4.78, 5) is 0.515. The lowest BCUT2D eigenvalue weighted by Gasteiger charge is -2.14. The maximum atomic E-state index is 11.5. The van der Waals surface area contributed by atoms with Crippen molar-refractivity contribution in [2.75, 3.05) is 10.6 Å². The van der Waals surface area contributed by atoms with Crippen LogP contribution in [0.2, 0.25) is 0 Å². The molecule has 42 heavy (non-hydrogen) atoms. The van der Waals surface area contributed by atoms with E-state index in [1.54, 1.807) is 12.1 Å². The Balaban J connectivity index is 0.00000198. The van der Waals surface area contributed by atoms with Crippen molar-refractivity contribution in [1.82, 2.24) is 0 Å². The summed E-state index contributed by atoms with van der Waals surface area (Å²) in [5, 5.41) is 32.3. The van der Waals surface area contributed by atoms with E-state index in [1.807, 2.05) is 69.3 Å². The molecule has 0 fully saturated rings. The summed E-state index contributed by atoms with van der Waals surface area (Å²) in [7, 11) is -4.39. The van der Waals surface area contributed by atoms with Crippen LogP contribution in [0.5, 0.6) is 5.75 Å². The number of nitrogens with one attached hydrogen (secondary N) is 2. The third-order valence-electron chi connectivity index (χ3n) is 6.59. The molecule has 0 aliphatic rings. The Morgan fingerprint density at radius 1 is 0.762 bits per heavy atom. The van der Waals surface area contributed by atoms with Crippen molar-refractivity contribution >= 4 is 55.1 Å². The number of rotatable bonds is 10. The Kier molecular flexibility index (Phi) is 10.3. The summed E-state index contributed by atoms with van der Waals surface area (Å²) in [6.45, 7) is 7.14. The van der Waals surface area contributed by atoms with Crippen LogP contribution >= 0.6 is 12.0 Å². The summed E-state index contributed by atoms with van der Waals surface area (Å²) in [5.41, 5.74) is 4.94. The van der Waals surface area contributed by atoms with Gasteiger partial charge >= 0.3 is 0 Å². The van der Waals surface area contributed by atoms with Crippen LogP contribution in [-0.2, 0) is 32.6 Å². The van der Waals surface area contributed by atoms with Gasteiger partial charge in [0.2, 0.25) is 0 Å². The van der Waals surface area contributed by atoms with Crippen molar-refractivity contribution in [3.63, 3.8) is 0 Å². The first-order chi connectivity index (χ1) is 20.2. The molecule has 0 heterocycles. The first-order valence-corrected chi connectivity index (χ1v) is 15.4. The van der Waals surface area contributed by atoms with Crippen molar-refractivity contribution in [3.8, 4) is 5.75 Å². The van der Waals surface area contributed by atoms with E-state index in [0.29, 0.717) is 23.9 Å². The number of phenolic OH excluding ortho intramolecular Hbond substituents is 1. The number of aryl methyl sites for hydroxylation is 1. The Morgan fingerprint density at radius 2 is 1.38 bits per heavy atom. The highest BCUT2D eigenvalue weighted by Crippen LogP contribution is 2.34. The SMILES string of the molecule is CC.Cc1ccc(NCc2cccc(CNc3ccc(O)c4cc(S(=O)(=O)O)ccc34)c2)c2ccc(SOOO)cc12. The molecule has 5 aromatic rings. The van der Waals surface area contributed by atoms with E-state index in [-0.39, 0.29) is 10.6 Å². The van der Waals surface area contributed by atoms with Gasteiger partial charge in [0.15, 0.2) is 0 Å². The topological polar surface area (TPSA) is 137 Å². The van der Waals surface area contributed by atoms with Gasteiger partial charge in [-0.3, -0.25) is 4.55 Å². The molecule has 5 rings (SSSR count). The second kappa shape index (κ2) is 13.9. The summed E-state index contributed by atoms with van der Waals surface area (Å²) in [5.74, 6) is -0.0785. The number of anilines is 2. The van der Waals surface area contributed by atoms with E-state index in [4.69, 9.17) is 5.26 Å². The van der Waals surface area contributed by atoms with Crippen LogP contribution in [-0.4, -0.2) is 23.3 Å². The summed E-state index contributed by atoms with van der Waals surface area (Å²) in [6, 6.07) is 25.4. The maximum Gasteiger partial charge on any atom is 0.294 e. The van der Waals surface area contributed by atoms with Crippen LogP contribution in [0.25, 0.3) is 21.5 Å². The molecular formula is C31H32N2O7S2. The van der Waals surface area contributed by atoms with Crippen LogP contribution in [0.4, 0.5) is 11.4 Å². The molecule has 0 unspecified atom stereocenters. The van der Waals surface area contributed by atoms with Gasteiger partial charge in [0.25, 0.3) is 10.1 Å². The smallest absolute Gasteiger partial charge is 0.294 e. The molecule has 0 aromatic heterocycles. The highest BCUT2D eigenvalue weighted by atomic mass is 32.2. The molecule has 220 valence electrons. The largest absolute Gasteiger partial charge is 0.507 e. The van der Waals surface area contributed by atoms with Crippen LogP contribution in [0.3, 0.4) is 0 Å². The van der Waals surface area contributed by atoms with Crippen LogP contribution in [0, 0.1) is 6.92 Å². The van der Waals surface area contributed by atoms with Crippen molar-refractivity contribution in [2.45, 2.75) is 43.7 Å². The monoisotopic (exact) mass is 608 g/mol. The van der Waals surface area contributed by atoms with Gasteiger partial charge in [-0.05, 0) is 71.5 Å². The van der Waals surface area contributed by atoms with E-state index in [9.17, 15) is 18.1 Å². The lowest BCUT2D eigenvalue weighted by Crippen LogP contribution is -2.04. The first kappa shape index (κ1) is 31.1. The van der Waals surface area contributed by atoms with Gasteiger partial charge in [-0.15, -0.1) is 4.33 Å². The molecule has 0 bridgehead atoms. The van der Waals surface area contributed by atoms with Crippen molar-refractivity contribution in [2.24, 2.45) is 0 Å². The highest BCUT2D eigenvalue weighted by molar-refractivity contribution is 7.94. The molecule has 0 aliphatic heterocycles. The molecule has 0 aliphatic carbocycles. The lowest BCUT2D eigenvalue weighted by molar-refractivity contribution is -0.432. The minimum absolute atomic E-state index is 0.0785. The highest BCUT2D eigenvalue weighted by Gasteiger charge is 2.13.